The number of ether oxygens (including phenoxy) is 1. The minimum atomic E-state index is -4.65. The largest absolute Gasteiger partial charge is 0.493 e. The van der Waals surface area contributed by atoms with Crippen molar-refractivity contribution in [2.24, 2.45) is 0 Å². The zero-order valence-corrected chi connectivity index (χ0v) is 22.4. The fourth-order valence-corrected chi connectivity index (χ4v) is 3.24. The molecule has 222 valence electrons. The minimum Gasteiger partial charge on any atom is -0.493 e. The Hall–Kier alpha value is -3.79. The van der Waals surface area contributed by atoms with Crippen molar-refractivity contribution in [2.75, 3.05) is 25.5 Å². The number of hydrogen-bond acceptors (Lipinski definition) is 8. The average Bonchev–Trinajstić information content (AvgIpc) is 3.31. The summed E-state index contributed by atoms with van der Waals surface area (Å²) in [6.07, 6.45) is -2.00. The van der Waals surface area contributed by atoms with Crippen LogP contribution in [0.1, 0.15) is 33.1 Å². The molecule has 3 rings (SSSR count). The number of rotatable bonds is 10. The molecule has 11 nitrogen and oxygen atoms in total. The van der Waals surface area contributed by atoms with Gasteiger partial charge in [-0.2, -0.15) is 32.8 Å². The van der Waals surface area contributed by atoms with E-state index in [1.807, 2.05) is 6.92 Å². The van der Waals surface area contributed by atoms with Crippen LogP contribution < -0.4 is 15.4 Å². The van der Waals surface area contributed by atoms with Crippen molar-refractivity contribution in [1.29, 1.82) is 0 Å². The van der Waals surface area contributed by atoms with Gasteiger partial charge in [0.15, 0.2) is 0 Å². The van der Waals surface area contributed by atoms with Crippen molar-refractivity contribution in [3.05, 3.63) is 35.2 Å². The quantitative estimate of drug-likeness (QED) is 0.112. The van der Waals surface area contributed by atoms with Crippen molar-refractivity contribution in [2.45, 2.75) is 45.3 Å². The zero-order valence-electron chi connectivity index (χ0n) is 21.6. The SMILES string of the molecule is CCCC(=O)O.CNCCCOc1cc(F)c(-c2c(Cl)nc3ncnn3c2NC(C)C(F)(F)F)c(F)c1.O=CO. The van der Waals surface area contributed by atoms with E-state index < -0.39 is 51.9 Å². The summed E-state index contributed by atoms with van der Waals surface area (Å²) in [6, 6.07) is -0.231. The molecule has 0 bridgehead atoms. The van der Waals surface area contributed by atoms with Crippen molar-refractivity contribution in [3.8, 4) is 16.9 Å². The van der Waals surface area contributed by atoms with Gasteiger partial charge < -0.3 is 25.6 Å². The molecule has 40 heavy (non-hydrogen) atoms. The van der Waals surface area contributed by atoms with Gasteiger partial charge in [0.25, 0.3) is 12.2 Å². The highest BCUT2D eigenvalue weighted by Crippen LogP contribution is 2.39. The lowest BCUT2D eigenvalue weighted by Gasteiger charge is -2.21. The molecule has 0 spiro atoms. The van der Waals surface area contributed by atoms with Gasteiger partial charge in [0.1, 0.15) is 40.7 Å². The molecule has 0 saturated heterocycles. The summed E-state index contributed by atoms with van der Waals surface area (Å²) in [6.45, 7) is 3.29. The molecular formula is C23H28ClF5N6O5. The third-order valence-electron chi connectivity index (χ3n) is 4.80. The number of alkyl halides is 3. The van der Waals surface area contributed by atoms with E-state index in [1.165, 1.54) is 0 Å². The molecule has 0 fully saturated rings. The summed E-state index contributed by atoms with van der Waals surface area (Å²) in [7, 11) is 1.75. The molecule has 0 aliphatic carbocycles. The van der Waals surface area contributed by atoms with Crippen LogP contribution >= 0.6 is 11.6 Å². The monoisotopic (exact) mass is 598 g/mol. The van der Waals surface area contributed by atoms with Crippen LogP contribution in [0, 0.1) is 11.6 Å². The number of nitrogens with zero attached hydrogens (tertiary/aromatic N) is 4. The normalized spacial score (nSPS) is 11.5. The van der Waals surface area contributed by atoms with E-state index in [1.54, 1.807) is 7.05 Å². The van der Waals surface area contributed by atoms with Gasteiger partial charge in [0.05, 0.1) is 17.7 Å². The molecular weight excluding hydrogens is 571 g/mol. The number of carboxylic acid groups (broad SMARTS) is 2. The van der Waals surface area contributed by atoms with Gasteiger partial charge in [-0.1, -0.05) is 18.5 Å². The van der Waals surface area contributed by atoms with Gasteiger partial charge in [-0.25, -0.2) is 8.78 Å². The molecule has 4 N–H and O–H groups in total. The van der Waals surface area contributed by atoms with E-state index in [0.29, 0.717) is 19.4 Å². The summed E-state index contributed by atoms with van der Waals surface area (Å²) in [5.41, 5.74) is -1.10. The van der Waals surface area contributed by atoms with Gasteiger partial charge in [-0.3, -0.25) is 9.59 Å². The highest BCUT2D eigenvalue weighted by atomic mass is 35.5. The smallest absolute Gasteiger partial charge is 0.408 e. The number of aromatic nitrogens is 4. The van der Waals surface area contributed by atoms with Crippen LogP contribution in [0.4, 0.5) is 27.8 Å². The second kappa shape index (κ2) is 16.3. The third kappa shape index (κ3) is 10.1. The second-order valence-corrected chi connectivity index (χ2v) is 8.18. The Morgan fingerprint density at radius 2 is 1.85 bits per heavy atom. The van der Waals surface area contributed by atoms with Crippen LogP contribution in [0.5, 0.6) is 5.75 Å². The first-order chi connectivity index (χ1) is 18.8. The molecule has 1 aromatic carbocycles. The summed E-state index contributed by atoms with van der Waals surface area (Å²) in [5.74, 6) is -3.51. The fourth-order valence-electron chi connectivity index (χ4n) is 2.98. The number of aliphatic carboxylic acids is 1. The molecule has 3 aromatic rings. The Kier molecular flexibility index (Phi) is 14.0. The lowest BCUT2D eigenvalue weighted by atomic mass is 10.1. The van der Waals surface area contributed by atoms with E-state index in [-0.39, 0.29) is 24.6 Å². The molecule has 2 heterocycles. The Bertz CT molecular complexity index is 1240. The first-order valence-electron chi connectivity index (χ1n) is 11.6. The molecule has 1 unspecified atom stereocenters. The summed E-state index contributed by atoms with van der Waals surface area (Å²) < 4.78 is 75.5. The number of benzene rings is 1. The first-order valence-corrected chi connectivity index (χ1v) is 12.0. The molecule has 17 heteroatoms. The number of carbonyl (C=O) groups is 2. The first kappa shape index (κ1) is 34.2. The highest BCUT2D eigenvalue weighted by molar-refractivity contribution is 6.33. The van der Waals surface area contributed by atoms with Gasteiger partial charge in [-0.15, -0.1) is 0 Å². The van der Waals surface area contributed by atoms with Crippen LogP contribution in [-0.2, 0) is 9.59 Å². The van der Waals surface area contributed by atoms with E-state index in [2.05, 4.69) is 25.7 Å². The van der Waals surface area contributed by atoms with Gasteiger partial charge in [0.2, 0.25) is 0 Å². The van der Waals surface area contributed by atoms with Gasteiger partial charge in [0, 0.05) is 18.6 Å². The zero-order chi connectivity index (χ0) is 30.5. The predicted molar refractivity (Wildman–Crippen MR) is 136 cm³/mol. The van der Waals surface area contributed by atoms with Crippen LogP contribution in [0.25, 0.3) is 16.9 Å². The van der Waals surface area contributed by atoms with Crippen molar-refractivity contribution in [1.82, 2.24) is 24.9 Å². The molecule has 0 saturated carbocycles. The Balaban J connectivity index is 0.000000774. The molecule has 2 aromatic heterocycles. The maximum absolute atomic E-state index is 14.9. The second-order valence-electron chi connectivity index (χ2n) is 7.82. The van der Waals surface area contributed by atoms with Crippen LogP contribution in [0.2, 0.25) is 5.15 Å². The summed E-state index contributed by atoms with van der Waals surface area (Å²) in [5, 5.41) is 23.2. The van der Waals surface area contributed by atoms with Crippen molar-refractivity contribution >= 4 is 35.6 Å². The maximum atomic E-state index is 14.9. The Morgan fingerprint density at radius 1 is 1.25 bits per heavy atom. The molecule has 0 radical (unpaired) electrons. The van der Waals surface area contributed by atoms with Crippen LogP contribution in [-0.4, -0.2) is 74.7 Å². The van der Waals surface area contributed by atoms with Crippen LogP contribution in [0.3, 0.4) is 0 Å². The lowest BCUT2D eigenvalue weighted by molar-refractivity contribution is -0.139. The number of halogens is 6. The summed E-state index contributed by atoms with van der Waals surface area (Å²) >= 11 is 6.11. The van der Waals surface area contributed by atoms with Gasteiger partial charge in [-0.05, 0) is 33.4 Å². The van der Waals surface area contributed by atoms with Crippen molar-refractivity contribution in [3.63, 3.8) is 0 Å². The number of carboxylic acids is 1. The molecule has 0 aliphatic rings. The summed E-state index contributed by atoms with van der Waals surface area (Å²) in [4.78, 5) is 25.6. The van der Waals surface area contributed by atoms with Crippen LogP contribution in [0.15, 0.2) is 18.5 Å². The predicted octanol–water partition coefficient (Wildman–Crippen LogP) is 4.65. The molecule has 1 atom stereocenters. The van der Waals surface area contributed by atoms with Crippen molar-refractivity contribution < 1.29 is 46.5 Å². The highest BCUT2D eigenvalue weighted by Gasteiger charge is 2.37. The average molecular weight is 599 g/mol. The van der Waals surface area contributed by atoms with E-state index >= 15 is 0 Å². The molecule has 0 aliphatic heterocycles. The number of hydrogen-bond donors (Lipinski definition) is 4. The third-order valence-corrected chi connectivity index (χ3v) is 5.07. The maximum Gasteiger partial charge on any atom is 0.408 e. The molecule has 0 amide bonds. The standard InChI is InChI=1S/C18H18ClF5N6O.C4H8O2.CH2O2/c1-9(18(22,23)24)28-16-14(15(19)29-17-26-8-27-30(16)17)13-11(20)6-10(7-12(13)21)31-5-3-4-25-2;1-2-3-4(5)6;2-1-3/h6-9,25,28H,3-5H2,1-2H3;2-3H2,1H3,(H,5,6);1H,(H,2,3). The van der Waals surface area contributed by atoms with E-state index in [9.17, 15) is 26.7 Å². The number of nitrogens with one attached hydrogen (secondary N) is 2. The Labute approximate surface area is 230 Å². The van der Waals surface area contributed by atoms with Gasteiger partial charge >= 0.3 is 12.1 Å². The number of fused-ring (bicyclic) bond motifs is 1. The fraction of sp³-hybridized carbons (Fsp3) is 0.435. The topological polar surface area (TPSA) is 151 Å². The Morgan fingerprint density at radius 3 is 2.33 bits per heavy atom. The number of anilines is 1. The van der Waals surface area contributed by atoms with E-state index in [0.717, 1.165) is 36.3 Å². The minimum absolute atomic E-state index is 0.0704. The van der Waals surface area contributed by atoms with E-state index in [4.69, 9.17) is 31.3 Å². The lowest BCUT2D eigenvalue weighted by Crippen LogP contribution is -2.34.